The standard InChI is InChI=1S/C13H15N3O3S/c1-8-6-9(2-3-11(8)14)13-15-12(16-19-13)10-4-5-20(17,18)7-10/h2-3,6,10H,4-5,7,14H2,1H3. The van der Waals surface area contributed by atoms with E-state index in [0.717, 1.165) is 11.1 Å². The van der Waals surface area contributed by atoms with Crippen molar-refractivity contribution < 1.29 is 12.9 Å². The number of hydrogen-bond acceptors (Lipinski definition) is 6. The molecule has 3 rings (SSSR count). The van der Waals surface area contributed by atoms with Crippen LogP contribution in [0.2, 0.25) is 0 Å². The molecule has 20 heavy (non-hydrogen) atoms. The van der Waals surface area contributed by atoms with E-state index in [1.807, 2.05) is 19.1 Å². The fourth-order valence-corrected chi connectivity index (χ4v) is 4.06. The number of nitrogens with two attached hydrogens (primary N) is 1. The number of sulfone groups is 1. The van der Waals surface area contributed by atoms with E-state index in [1.165, 1.54) is 0 Å². The minimum absolute atomic E-state index is 0.104. The predicted molar refractivity (Wildman–Crippen MR) is 74.9 cm³/mol. The fraction of sp³-hybridized carbons (Fsp3) is 0.385. The van der Waals surface area contributed by atoms with Crippen molar-refractivity contribution in [3.8, 4) is 11.5 Å². The summed E-state index contributed by atoms with van der Waals surface area (Å²) in [4.78, 5) is 4.32. The van der Waals surface area contributed by atoms with Crippen LogP contribution in [0.15, 0.2) is 22.7 Å². The van der Waals surface area contributed by atoms with E-state index >= 15 is 0 Å². The second kappa shape index (κ2) is 4.59. The molecule has 6 nitrogen and oxygen atoms in total. The zero-order chi connectivity index (χ0) is 14.3. The van der Waals surface area contributed by atoms with Gasteiger partial charge in [0, 0.05) is 17.2 Å². The van der Waals surface area contributed by atoms with Gasteiger partial charge in [-0.15, -0.1) is 0 Å². The van der Waals surface area contributed by atoms with E-state index in [9.17, 15) is 8.42 Å². The lowest BCUT2D eigenvalue weighted by Crippen LogP contribution is -2.05. The third-order valence-corrected chi connectivity index (χ3v) is 5.32. The van der Waals surface area contributed by atoms with E-state index < -0.39 is 9.84 Å². The number of aryl methyl sites for hydroxylation is 1. The van der Waals surface area contributed by atoms with Gasteiger partial charge < -0.3 is 10.3 Å². The molecule has 1 aromatic carbocycles. The molecule has 1 fully saturated rings. The molecule has 7 heteroatoms. The summed E-state index contributed by atoms with van der Waals surface area (Å²) in [5.41, 5.74) is 8.20. The number of nitrogens with zero attached hydrogens (tertiary/aromatic N) is 2. The Kier molecular flexibility index (Phi) is 3.01. The Balaban J connectivity index is 1.89. The van der Waals surface area contributed by atoms with Gasteiger partial charge in [0.25, 0.3) is 5.89 Å². The highest BCUT2D eigenvalue weighted by Crippen LogP contribution is 2.29. The van der Waals surface area contributed by atoms with E-state index in [2.05, 4.69) is 10.1 Å². The predicted octanol–water partition coefficient (Wildman–Crippen LogP) is 1.53. The molecule has 1 aromatic heterocycles. The second-order valence-corrected chi connectivity index (χ2v) is 7.36. The Morgan fingerprint density at radius 3 is 2.85 bits per heavy atom. The highest BCUT2D eigenvalue weighted by molar-refractivity contribution is 7.91. The van der Waals surface area contributed by atoms with Gasteiger partial charge in [0.15, 0.2) is 15.7 Å². The van der Waals surface area contributed by atoms with Crippen molar-refractivity contribution in [2.24, 2.45) is 0 Å². The molecule has 0 aliphatic carbocycles. The summed E-state index contributed by atoms with van der Waals surface area (Å²) in [6.45, 7) is 1.90. The lowest BCUT2D eigenvalue weighted by atomic mass is 10.1. The van der Waals surface area contributed by atoms with Crippen molar-refractivity contribution in [3.05, 3.63) is 29.6 Å². The maximum absolute atomic E-state index is 11.5. The zero-order valence-corrected chi connectivity index (χ0v) is 11.9. The molecule has 1 aliphatic rings. The number of nitrogen functional groups attached to an aromatic ring is 1. The normalized spacial score (nSPS) is 21.1. The number of rotatable bonds is 2. The average molecular weight is 293 g/mol. The largest absolute Gasteiger partial charge is 0.399 e. The Bertz CT molecular complexity index is 752. The van der Waals surface area contributed by atoms with Gasteiger partial charge in [-0.25, -0.2) is 8.42 Å². The first-order chi connectivity index (χ1) is 9.44. The highest BCUT2D eigenvalue weighted by Gasteiger charge is 2.32. The van der Waals surface area contributed by atoms with E-state index in [4.69, 9.17) is 10.3 Å². The summed E-state index contributed by atoms with van der Waals surface area (Å²) in [7, 11) is -2.95. The molecule has 0 radical (unpaired) electrons. The Labute approximate surface area is 116 Å². The Morgan fingerprint density at radius 1 is 1.40 bits per heavy atom. The fourth-order valence-electron chi connectivity index (χ4n) is 2.33. The number of anilines is 1. The van der Waals surface area contributed by atoms with Gasteiger partial charge in [-0.05, 0) is 37.1 Å². The van der Waals surface area contributed by atoms with Crippen LogP contribution in [0.25, 0.3) is 11.5 Å². The molecule has 106 valence electrons. The third-order valence-electron chi connectivity index (χ3n) is 3.56. The summed E-state index contributed by atoms with van der Waals surface area (Å²) in [6.07, 6.45) is 0.558. The van der Waals surface area contributed by atoms with Crippen LogP contribution in [0.3, 0.4) is 0 Å². The van der Waals surface area contributed by atoms with Crippen LogP contribution >= 0.6 is 0 Å². The van der Waals surface area contributed by atoms with Gasteiger partial charge in [-0.2, -0.15) is 4.98 Å². The van der Waals surface area contributed by atoms with Crippen LogP contribution in [-0.2, 0) is 9.84 Å². The van der Waals surface area contributed by atoms with Crippen LogP contribution in [0.5, 0.6) is 0 Å². The second-order valence-electron chi connectivity index (χ2n) is 5.13. The van der Waals surface area contributed by atoms with Crippen molar-refractivity contribution in [2.45, 2.75) is 19.3 Å². The van der Waals surface area contributed by atoms with Crippen LogP contribution in [-0.4, -0.2) is 30.1 Å². The third kappa shape index (κ3) is 2.40. The molecule has 0 bridgehead atoms. The molecule has 2 N–H and O–H groups in total. The number of benzene rings is 1. The summed E-state index contributed by atoms with van der Waals surface area (Å²) >= 11 is 0. The van der Waals surface area contributed by atoms with Gasteiger partial charge in [-0.1, -0.05) is 5.16 Å². The van der Waals surface area contributed by atoms with Crippen molar-refractivity contribution >= 4 is 15.5 Å². The summed E-state index contributed by atoms with van der Waals surface area (Å²) in [6, 6.07) is 5.47. The number of aromatic nitrogens is 2. The first-order valence-corrected chi connectivity index (χ1v) is 8.17. The van der Waals surface area contributed by atoms with Gasteiger partial charge >= 0.3 is 0 Å². The van der Waals surface area contributed by atoms with Crippen LogP contribution in [0, 0.1) is 6.92 Å². The van der Waals surface area contributed by atoms with Crippen LogP contribution < -0.4 is 5.73 Å². The van der Waals surface area contributed by atoms with Crippen molar-refractivity contribution in [1.82, 2.24) is 10.1 Å². The topological polar surface area (TPSA) is 99.1 Å². The summed E-state index contributed by atoms with van der Waals surface area (Å²) in [5, 5.41) is 3.91. The van der Waals surface area contributed by atoms with Gasteiger partial charge in [0.1, 0.15) is 0 Å². The molecule has 0 saturated carbocycles. The summed E-state index contributed by atoms with van der Waals surface area (Å²) < 4.78 is 28.2. The van der Waals surface area contributed by atoms with Crippen LogP contribution in [0.4, 0.5) is 5.69 Å². The Hall–Kier alpha value is -1.89. The minimum Gasteiger partial charge on any atom is -0.399 e. The maximum atomic E-state index is 11.5. The molecule has 0 spiro atoms. The first-order valence-electron chi connectivity index (χ1n) is 6.35. The van der Waals surface area contributed by atoms with Gasteiger partial charge in [0.05, 0.1) is 11.5 Å². The molecule has 2 heterocycles. The lowest BCUT2D eigenvalue weighted by Gasteiger charge is -2.01. The first kappa shape index (κ1) is 13.1. The van der Waals surface area contributed by atoms with E-state index in [0.29, 0.717) is 23.8 Å². The zero-order valence-electron chi connectivity index (χ0n) is 11.0. The maximum Gasteiger partial charge on any atom is 0.257 e. The van der Waals surface area contributed by atoms with Crippen molar-refractivity contribution in [3.63, 3.8) is 0 Å². The minimum atomic E-state index is -2.95. The summed E-state index contributed by atoms with van der Waals surface area (Å²) in [5.74, 6) is 1.00. The average Bonchev–Trinajstić information content (AvgIpc) is 2.99. The molecule has 0 amide bonds. The lowest BCUT2D eigenvalue weighted by molar-refractivity contribution is 0.418. The molecule has 1 unspecified atom stereocenters. The van der Waals surface area contributed by atoms with E-state index in [-0.39, 0.29) is 17.4 Å². The molecular formula is C13H15N3O3S. The van der Waals surface area contributed by atoms with Gasteiger partial charge in [-0.3, -0.25) is 0 Å². The molecular weight excluding hydrogens is 278 g/mol. The SMILES string of the molecule is Cc1cc(-c2nc(C3CCS(=O)(=O)C3)no2)ccc1N. The van der Waals surface area contributed by atoms with Crippen LogP contribution in [0.1, 0.15) is 23.7 Å². The Morgan fingerprint density at radius 2 is 2.20 bits per heavy atom. The van der Waals surface area contributed by atoms with Crippen molar-refractivity contribution in [1.29, 1.82) is 0 Å². The molecule has 1 atom stereocenters. The van der Waals surface area contributed by atoms with Gasteiger partial charge in [0.2, 0.25) is 0 Å². The quantitative estimate of drug-likeness (QED) is 0.843. The molecule has 1 saturated heterocycles. The smallest absolute Gasteiger partial charge is 0.257 e. The molecule has 1 aliphatic heterocycles. The van der Waals surface area contributed by atoms with E-state index in [1.54, 1.807) is 6.07 Å². The number of hydrogen-bond donors (Lipinski definition) is 1. The highest BCUT2D eigenvalue weighted by atomic mass is 32.2. The van der Waals surface area contributed by atoms with Crippen molar-refractivity contribution in [2.75, 3.05) is 17.2 Å². The molecule has 2 aromatic rings. The monoisotopic (exact) mass is 293 g/mol.